The molecule has 0 saturated heterocycles. The molecule has 0 fully saturated rings. The van der Waals surface area contributed by atoms with E-state index in [2.05, 4.69) is 4.85 Å². The van der Waals surface area contributed by atoms with Gasteiger partial charge in [0.05, 0.1) is 18.4 Å². The molecule has 0 aliphatic carbocycles. The minimum Gasteiger partial charge on any atom is -0.488 e. The second-order valence-electron chi connectivity index (χ2n) is 6.60. The predicted molar refractivity (Wildman–Crippen MR) is 91.2 cm³/mol. The number of sulfonamides is 1. The number of unbranched alkanes of at least 4 members (excludes halogenated alkanes) is 1. The van der Waals surface area contributed by atoms with Gasteiger partial charge in [0.25, 0.3) is 0 Å². The first-order valence-corrected chi connectivity index (χ1v) is 9.47. The largest absolute Gasteiger partial charge is 0.488 e. The molecule has 0 bridgehead atoms. The van der Waals surface area contributed by atoms with Gasteiger partial charge in [-0.3, -0.25) is 0 Å². The molecule has 0 aromatic heterocycles. The average Bonchev–Trinajstić information content (AvgIpc) is 2.50. The molecular weight excluding hydrogens is 312 g/mol. The predicted octanol–water partition coefficient (Wildman–Crippen LogP) is 3.90. The van der Waals surface area contributed by atoms with Crippen molar-refractivity contribution in [1.29, 1.82) is 0 Å². The van der Waals surface area contributed by atoms with Gasteiger partial charge >= 0.3 is 0 Å². The van der Waals surface area contributed by atoms with E-state index in [1.54, 1.807) is 25.2 Å². The Balaban J connectivity index is 2.44. The maximum Gasteiger partial charge on any atom is 0.214 e. The van der Waals surface area contributed by atoms with Crippen molar-refractivity contribution in [2.75, 3.05) is 12.8 Å². The number of benzene rings is 1. The Morgan fingerprint density at radius 2 is 2.13 bits per heavy atom. The van der Waals surface area contributed by atoms with Gasteiger partial charge in [0, 0.05) is 19.0 Å². The molecular formula is C17H24N2O3S. The van der Waals surface area contributed by atoms with Crippen molar-refractivity contribution in [2.24, 2.45) is 0 Å². The minimum absolute atomic E-state index is 0.148. The molecule has 1 aromatic rings. The van der Waals surface area contributed by atoms with Crippen LogP contribution in [0.25, 0.3) is 4.85 Å². The monoisotopic (exact) mass is 336 g/mol. The molecule has 0 radical (unpaired) electrons. The van der Waals surface area contributed by atoms with Crippen molar-refractivity contribution >= 4 is 15.7 Å². The van der Waals surface area contributed by atoms with E-state index in [9.17, 15) is 8.42 Å². The van der Waals surface area contributed by atoms with Crippen molar-refractivity contribution in [1.82, 2.24) is 4.31 Å². The third-order valence-corrected chi connectivity index (χ3v) is 6.12. The Kier molecular flexibility index (Phi) is 5.02. The van der Waals surface area contributed by atoms with Gasteiger partial charge in [-0.25, -0.2) is 13.3 Å². The van der Waals surface area contributed by atoms with E-state index in [0.717, 1.165) is 12.0 Å². The van der Waals surface area contributed by atoms with E-state index in [4.69, 9.17) is 11.3 Å². The van der Waals surface area contributed by atoms with Crippen LogP contribution >= 0.6 is 0 Å². The molecule has 0 spiro atoms. The number of fused-ring (bicyclic) bond motifs is 1. The minimum atomic E-state index is -3.33. The highest BCUT2D eigenvalue weighted by molar-refractivity contribution is 7.89. The summed E-state index contributed by atoms with van der Waals surface area (Å²) in [5.74, 6) is 0.812. The van der Waals surface area contributed by atoms with Gasteiger partial charge in [0.1, 0.15) is 11.4 Å². The fraction of sp³-hybridized carbons (Fsp3) is 0.588. The van der Waals surface area contributed by atoms with Crippen LogP contribution in [-0.4, -0.2) is 31.1 Å². The number of hydrogen-bond donors (Lipinski definition) is 0. The summed E-state index contributed by atoms with van der Waals surface area (Å²) in [5.41, 5.74) is 0.822. The third kappa shape index (κ3) is 3.85. The number of nitrogens with zero attached hydrogens (tertiary/aromatic N) is 2. The van der Waals surface area contributed by atoms with Gasteiger partial charge in [-0.15, -0.1) is 0 Å². The smallest absolute Gasteiger partial charge is 0.214 e. The van der Waals surface area contributed by atoms with Gasteiger partial charge in [-0.2, -0.15) is 4.31 Å². The van der Waals surface area contributed by atoms with E-state index in [1.165, 1.54) is 4.31 Å². The Hall–Kier alpha value is -1.58. The molecule has 23 heavy (non-hydrogen) atoms. The summed E-state index contributed by atoms with van der Waals surface area (Å²) in [6, 6.07) is 4.91. The molecule has 2 rings (SSSR count). The highest BCUT2D eigenvalue weighted by Crippen LogP contribution is 2.44. The van der Waals surface area contributed by atoms with Crippen molar-refractivity contribution in [2.45, 2.75) is 51.7 Å². The zero-order valence-corrected chi connectivity index (χ0v) is 15.0. The molecule has 1 heterocycles. The van der Waals surface area contributed by atoms with Gasteiger partial charge in [-0.05, 0) is 32.4 Å². The van der Waals surface area contributed by atoms with Crippen molar-refractivity contribution < 1.29 is 13.2 Å². The van der Waals surface area contributed by atoms with Crippen molar-refractivity contribution in [3.8, 4) is 5.75 Å². The first kappa shape index (κ1) is 17.8. The van der Waals surface area contributed by atoms with Crippen molar-refractivity contribution in [3.63, 3.8) is 0 Å². The highest BCUT2D eigenvalue weighted by Gasteiger charge is 2.39. The summed E-state index contributed by atoms with van der Waals surface area (Å²) in [4.78, 5) is 3.45. The lowest BCUT2D eigenvalue weighted by Gasteiger charge is -2.41. The lowest BCUT2D eigenvalue weighted by Crippen LogP contribution is -2.42. The normalized spacial score (nSPS) is 19.7. The molecule has 6 heteroatoms. The molecule has 1 atom stereocenters. The molecule has 0 saturated carbocycles. The second-order valence-corrected chi connectivity index (χ2v) is 8.75. The highest BCUT2D eigenvalue weighted by atomic mass is 32.2. The first-order valence-electron chi connectivity index (χ1n) is 7.86. The maximum atomic E-state index is 12.6. The SMILES string of the molecule is [C-]#[N+]c1ccc2c(c1)C(N(C)S(=O)(=O)CCCC)CC(C)(C)O2. The molecule has 126 valence electrons. The summed E-state index contributed by atoms with van der Waals surface area (Å²) in [5, 5.41) is 0. The van der Waals surface area contributed by atoms with Gasteiger partial charge in [-0.1, -0.05) is 19.4 Å². The van der Waals surface area contributed by atoms with Crippen LogP contribution in [0.1, 0.15) is 51.6 Å². The Morgan fingerprint density at radius 3 is 2.74 bits per heavy atom. The van der Waals surface area contributed by atoms with E-state index in [-0.39, 0.29) is 11.8 Å². The van der Waals surface area contributed by atoms with Crippen LogP contribution in [0.5, 0.6) is 5.75 Å². The van der Waals surface area contributed by atoms with Crippen LogP contribution in [0.15, 0.2) is 18.2 Å². The number of rotatable bonds is 5. The molecule has 1 aromatic carbocycles. The van der Waals surface area contributed by atoms with Crippen molar-refractivity contribution in [3.05, 3.63) is 35.2 Å². The Bertz CT molecular complexity index is 720. The summed E-state index contributed by atoms with van der Waals surface area (Å²) < 4.78 is 32.6. The van der Waals surface area contributed by atoms with E-state index in [1.807, 2.05) is 20.8 Å². The fourth-order valence-electron chi connectivity index (χ4n) is 2.86. The van der Waals surface area contributed by atoms with Crippen LogP contribution in [-0.2, 0) is 10.0 Å². The van der Waals surface area contributed by atoms with E-state index >= 15 is 0 Å². The molecule has 0 amide bonds. The quantitative estimate of drug-likeness (QED) is 0.766. The fourth-order valence-corrected chi connectivity index (χ4v) is 4.38. The first-order chi connectivity index (χ1) is 10.7. The zero-order valence-electron chi connectivity index (χ0n) is 14.2. The third-order valence-electron chi connectivity index (χ3n) is 4.19. The molecule has 5 nitrogen and oxygen atoms in total. The second kappa shape index (κ2) is 6.50. The lowest BCUT2D eigenvalue weighted by molar-refractivity contribution is 0.0542. The van der Waals surface area contributed by atoms with Gasteiger partial charge < -0.3 is 4.74 Å². The van der Waals surface area contributed by atoms with E-state index in [0.29, 0.717) is 24.3 Å². The van der Waals surface area contributed by atoms with Gasteiger partial charge in [0.2, 0.25) is 10.0 Å². The Labute approximate surface area is 139 Å². The average molecular weight is 336 g/mol. The lowest BCUT2D eigenvalue weighted by atomic mass is 9.89. The van der Waals surface area contributed by atoms with Crippen LogP contribution < -0.4 is 4.74 Å². The molecule has 1 unspecified atom stereocenters. The van der Waals surface area contributed by atoms with Gasteiger partial charge in [0.15, 0.2) is 5.69 Å². The van der Waals surface area contributed by atoms with Crippen LogP contribution in [0.2, 0.25) is 0 Å². The standard InChI is InChI=1S/C17H24N2O3S/c1-6-7-10-23(20,21)19(5)15-12-17(2,3)22-16-9-8-13(18-4)11-14(15)16/h8-9,11,15H,6-7,10,12H2,1-3,5H3. The Morgan fingerprint density at radius 1 is 1.43 bits per heavy atom. The topological polar surface area (TPSA) is 51.0 Å². The molecule has 1 aliphatic heterocycles. The van der Waals surface area contributed by atoms with Crippen LogP contribution in [0.3, 0.4) is 0 Å². The summed E-state index contributed by atoms with van der Waals surface area (Å²) in [7, 11) is -1.70. The number of ether oxygens (including phenoxy) is 1. The molecule has 1 aliphatic rings. The van der Waals surface area contributed by atoms with Crippen LogP contribution in [0.4, 0.5) is 5.69 Å². The summed E-state index contributed by atoms with van der Waals surface area (Å²) in [6.07, 6.45) is 2.04. The summed E-state index contributed by atoms with van der Waals surface area (Å²) >= 11 is 0. The maximum absolute atomic E-state index is 12.6. The summed E-state index contributed by atoms with van der Waals surface area (Å²) in [6.45, 7) is 13.1. The zero-order chi connectivity index (χ0) is 17.3. The van der Waals surface area contributed by atoms with Crippen LogP contribution in [0, 0.1) is 6.57 Å². The molecule has 0 N–H and O–H groups in total. The van der Waals surface area contributed by atoms with E-state index < -0.39 is 15.6 Å². The number of hydrogen-bond acceptors (Lipinski definition) is 3.